The number of rotatable bonds is 4. The van der Waals surface area contributed by atoms with Crippen LogP contribution in [0.1, 0.15) is 42.9 Å². The third-order valence-electron chi connectivity index (χ3n) is 3.99. The molecule has 0 aromatic carbocycles. The fraction of sp³-hybridized carbons (Fsp3) is 0.733. The number of nitrogens with two attached hydrogens (primary N) is 1. The zero-order chi connectivity index (χ0) is 13.8. The Bertz CT molecular complexity index is 411. The van der Waals surface area contributed by atoms with Crippen LogP contribution in [0.4, 0.5) is 0 Å². The van der Waals surface area contributed by atoms with Crippen molar-refractivity contribution < 1.29 is 0 Å². The number of likely N-dealkylation sites (tertiary alicyclic amines) is 1. The van der Waals surface area contributed by atoms with Crippen LogP contribution in [0.15, 0.2) is 6.07 Å². The topological polar surface area (TPSA) is 55.0 Å². The molecule has 1 saturated heterocycles. The van der Waals surface area contributed by atoms with Crippen LogP contribution < -0.4 is 5.73 Å². The van der Waals surface area contributed by atoms with Crippen LogP contribution in [-0.4, -0.2) is 41.5 Å². The largest absolute Gasteiger partial charge is 0.330 e. The molecule has 19 heavy (non-hydrogen) atoms. The molecular formula is C15H26N4. The maximum Gasteiger partial charge on any atom is 0.129 e. The second-order valence-electron chi connectivity index (χ2n) is 5.97. The average Bonchev–Trinajstić information content (AvgIpc) is 2.38. The minimum Gasteiger partial charge on any atom is -0.330 e. The van der Waals surface area contributed by atoms with Crippen molar-refractivity contribution in [3.63, 3.8) is 0 Å². The molecule has 2 N–H and O–H groups in total. The van der Waals surface area contributed by atoms with Gasteiger partial charge in [-0.05, 0) is 58.4 Å². The number of nitrogens with zero attached hydrogens (tertiary/aromatic N) is 3. The second-order valence-corrected chi connectivity index (χ2v) is 5.97. The van der Waals surface area contributed by atoms with E-state index in [2.05, 4.69) is 36.8 Å². The summed E-state index contributed by atoms with van der Waals surface area (Å²) in [6.07, 6.45) is 3.30. The van der Waals surface area contributed by atoms with E-state index >= 15 is 0 Å². The first-order chi connectivity index (χ1) is 9.08. The summed E-state index contributed by atoms with van der Waals surface area (Å²) in [5.74, 6) is 2.02. The Balaban J connectivity index is 2.12. The van der Waals surface area contributed by atoms with Crippen molar-refractivity contribution in [2.24, 2.45) is 11.7 Å². The van der Waals surface area contributed by atoms with Crippen LogP contribution in [0.3, 0.4) is 0 Å². The molecule has 0 aliphatic carbocycles. The first-order valence-corrected chi connectivity index (χ1v) is 7.31. The predicted molar refractivity (Wildman–Crippen MR) is 78.2 cm³/mol. The number of aryl methyl sites for hydroxylation is 1. The van der Waals surface area contributed by atoms with Gasteiger partial charge >= 0.3 is 0 Å². The van der Waals surface area contributed by atoms with Gasteiger partial charge in [0.25, 0.3) is 0 Å². The molecule has 1 aliphatic rings. The van der Waals surface area contributed by atoms with Gasteiger partial charge in [0, 0.05) is 23.7 Å². The quantitative estimate of drug-likeness (QED) is 0.898. The van der Waals surface area contributed by atoms with Gasteiger partial charge in [0.05, 0.1) is 0 Å². The summed E-state index contributed by atoms with van der Waals surface area (Å²) >= 11 is 0. The van der Waals surface area contributed by atoms with Crippen LogP contribution in [0, 0.1) is 12.8 Å². The Labute approximate surface area is 116 Å². The van der Waals surface area contributed by atoms with Gasteiger partial charge in [0.2, 0.25) is 0 Å². The van der Waals surface area contributed by atoms with Crippen molar-refractivity contribution in [3.8, 4) is 0 Å². The minimum atomic E-state index is 0.451. The zero-order valence-electron chi connectivity index (χ0n) is 12.4. The summed E-state index contributed by atoms with van der Waals surface area (Å²) < 4.78 is 0. The third-order valence-corrected chi connectivity index (χ3v) is 3.99. The monoisotopic (exact) mass is 262 g/mol. The molecule has 2 heterocycles. The van der Waals surface area contributed by atoms with E-state index in [0.717, 1.165) is 17.9 Å². The Morgan fingerprint density at radius 2 is 2.05 bits per heavy atom. The summed E-state index contributed by atoms with van der Waals surface area (Å²) in [5, 5.41) is 0. The fourth-order valence-corrected chi connectivity index (χ4v) is 2.66. The maximum atomic E-state index is 5.69. The smallest absolute Gasteiger partial charge is 0.129 e. The lowest BCUT2D eigenvalue weighted by atomic mass is 9.93. The summed E-state index contributed by atoms with van der Waals surface area (Å²) in [7, 11) is 2.19. The van der Waals surface area contributed by atoms with Crippen molar-refractivity contribution in [1.29, 1.82) is 0 Å². The van der Waals surface area contributed by atoms with E-state index in [1.54, 1.807) is 0 Å². The van der Waals surface area contributed by atoms with E-state index in [4.69, 9.17) is 10.7 Å². The zero-order valence-corrected chi connectivity index (χ0v) is 12.4. The molecule has 1 unspecified atom stereocenters. The molecule has 1 aliphatic heterocycles. The van der Waals surface area contributed by atoms with E-state index in [1.165, 1.54) is 31.6 Å². The molecule has 1 fully saturated rings. The van der Waals surface area contributed by atoms with Crippen LogP contribution in [-0.2, 0) is 6.42 Å². The normalized spacial score (nSPS) is 19.6. The highest BCUT2D eigenvalue weighted by atomic mass is 15.1. The molecule has 106 valence electrons. The van der Waals surface area contributed by atoms with E-state index in [0.29, 0.717) is 18.4 Å². The van der Waals surface area contributed by atoms with Crippen molar-refractivity contribution in [3.05, 3.63) is 23.3 Å². The Morgan fingerprint density at radius 3 is 2.68 bits per heavy atom. The van der Waals surface area contributed by atoms with Crippen molar-refractivity contribution in [2.45, 2.75) is 39.0 Å². The highest BCUT2D eigenvalue weighted by Crippen LogP contribution is 2.26. The number of piperidine rings is 1. The first kappa shape index (κ1) is 14.4. The average molecular weight is 262 g/mol. The number of aromatic nitrogens is 2. The predicted octanol–water partition coefficient (Wildman–Crippen LogP) is 1.73. The molecule has 0 bridgehead atoms. The van der Waals surface area contributed by atoms with Gasteiger partial charge in [-0.15, -0.1) is 0 Å². The molecule has 2 rings (SSSR count). The van der Waals surface area contributed by atoms with E-state index in [1.807, 2.05) is 0 Å². The molecule has 4 heteroatoms. The lowest BCUT2D eigenvalue weighted by molar-refractivity contribution is 0.253. The van der Waals surface area contributed by atoms with Gasteiger partial charge in [-0.25, -0.2) is 9.97 Å². The van der Waals surface area contributed by atoms with Gasteiger partial charge in [-0.2, -0.15) is 0 Å². The highest BCUT2D eigenvalue weighted by molar-refractivity contribution is 5.15. The SMILES string of the molecule is Cc1cc(C2CCN(C)CC2)nc(CC(C)CN)n1. The summed E-state index contributed by atoms with van der Waals surface area (Å²) in [6, 6.07) is 2.16. The Kier molecular flexibility index (Phi) is 4.88. The van der Waals surface area contributed by atoms with Crippen LogP contribution >= 0.6 is 0 Å². The van der Waals surface area contributed by atoms with Crippen molar-refractivity contribution in [1.82, 2.24) is 14.9 Å². The van der Waals surface area contributed by atoms with Gasteiger partial charge in [-0.3, -0.25) is 0 Å². The molecule has 0 radical (unpaired) electrons. The van der Waals surface area contributed by atoms with Crippen molar-refractivity contribution >= 4 is 0 Å². The van der Waals surface area contributed by atoms with Gasteiger partial charge in [-0.1, -0.05) is 6.92 Å². The number of hydrogen-bond donors (Lipinski definition) is 1. The van der Waals surface area contributed by atoms with E-state index in [9.17, 15) is 0 Å². The molecule has 1 aromatic rings. The molecule has 0 saturated carbocycles. The second kappa shape index (κ2) is 6.44. The highest BCUT2D eigenvalue weighted by Gasteiger charge is 2.20. The fourth-order valence-electron chi connectivity index (χ4n) is 2.66. The molecule has 1 atom stereocenters. The summed E-state index contributed by atoms with van der Waals surface area (Å²) in [5.41, 5.74) is 8.02. The van der Waals surface area contributed by atoms with E-state index < -0.39 is 0 Å². The Hall–Kier alpha value is -1.00. The van der Waals surface area contributed by atoms with Crippen LogP contribution in [0.25, 0.3) is 0 Å². The van der Waals surface area contributed by atoms with Gasteiger partial charge in [0.1, 0.15) is 5.82 Å². The molecular weight excluding hydrogens is 236 g/mol. The minimum absolute atomic E-state index is 0.451. The van der Waals surface area contributed by atoms with Gasteiger partial charge in [0.15, 0.2) is 0 Å². The van der Waals surface area contributed by atoms with Crippen molar-refractivity contribution in [2.75, 3.05) is 26.7 Å². The van der Waals surface area contributed by atoms with Gasteiger partial charge < -0.3 is 10.6 Å². The summed E-state index contributed by atoms with van der Waals surface area (Å²) in [6.45, 7) is 7.25. The van der Waals surface area contributed by atoms with Crippen LogP contribution in [0.2, 0.25) is 0 Å². The maximum absolute atomic E-state index is 5.69. The van der Waals surface area contributed by atoms with Crippen LogP contribution in [0.5, 0.6) is 0 Å². The molecule has 0 spiro atoms. The third kappa shape index (κ3) is 3.98. The molecule has 0 amide bonds. The molecule has 1 aromatic heterocycles. The Morgan fingerprint density at radius 1 is 1.37 bits per heavy atom. The lowest BCUT2D eigenvalue weighted by Gasteiger charge is -2.28. The first-order valence-electron chi connectivity index (χ1n) is 7.31. The molecule has 4 nitrogen and oxygen atoms in total. The number of hydrogen-bond acceptors (Lipinski definition) is 4. The lowest BCUT2D eigenvalue weighted by Crippen LogP contribution is -2.29. The standard InChI is InChI=1S/C15H26N4/c1-11(10-16)8-15-17-12(2)9-14(18-15)13-4-6-19(3)7-5-13/h9,11,13H,4-8,10,16H2,1-3H3. The summed E-state index contributed by atoms with van der Waals surface area (Å²) in [4.78, 5) is 11.7. The van der Waals surface area contributed by atoms with E-state index in [-0.39, 0.29) is 0 Å².